The number of nitrogens with zero attached hydrogens (tertiary/aromatic N) is 2. The molecule has 0 aliphatic carbocycles. The lowest BCUT2D eigenvalue weighted by molar-refractivity contribution is 0.466. The molecule has 1 N–H and O–H groups in total. The van der Waals surface area contributed by atoms with E-state index < -0.39 is 0 Å². The van der Waals surface area contributed by atoms with Crippen LogP contribution in [0, 0.1) is 28.6 Å². The van der Waals surface area contributed by atoms with E-state index >= 15 is 0 Å². The van der Waals surface area contributed by atoms with Crippen molar-refractivity contribution in [2.45, 2.75) is 13.5 Å². The Balaban J connectivity index is 2.33. The number of furan rings is 1. The number of nitriles is 2. The molecule has 0 radical (unpaired) electrons. The summed E-state index contributed by atoms with van der Waals surface area (Å²) in [5, 5.41) is 20.1. The summed E-state index contributed by atoms with van der Waals surface area (Å²) in [6, 6.07) is 7.42. The summed E-state index contributed by atoms with van der Waals surface area (Å²) in [6.45, 7) is 3.02. The van der Waals surface area contributed by atoms with Crippen LogP contribution in [-0.4, -0.2) is 6.54 Å². The van der Waals surface area contributed by atoms with Crippen LogP contribution in [0.15, 0.2) is 16.5 Å². The molecule has 0 saturated carbocycles. The van der Waals surface area contributed by atoms with Crippen LogP contribution < -0.4 is 5.32 Å². The van der Waals surface area contributed by atoms with Crippen LogP contribution in [0.25, 0.3) is 0 Å². The average Bonchev–Trinajstić information content (AvgIpc) is 2.65. The first-order valence-corrected chi connectivity index (χ1v) is 4.35. The summed E-state index contributed by atoms with van der Waals surface area (Å²) in [4.78, 5) is 0. The maximum atomic E-state index is 8.52. The smallest absolute Gasteiger partial charge is 0.203 e. The van der Waals surface area contributed by atoms with Crippen molar-refractivity contribution in [3.63, 3.8) is 0 Å². The molecule has 0 amide bonds. The quantitative estimate of drug-likeness (QED) is 0.777. The zero-order chi connectivity index (χ0) is 10.4. The molecular formula is C10H11N3O. The normalized spacial score (nSPS) is 11.6. The molecule has 4 heteroatoms. The van der Waals surface area contributed by atoms with Gasteiger partial charge >= 0.3 is 0 Å². The lowest BCUT2D eigenvalue weighted by Gasteiger charge is -2.02. The van der Waals surface area contributed by atoms with E-state index in [9.17, 15) is 0 Å². The average molecular weight is 189 g/mol. The van der Waals surface area contributed by atoms with Crippen molar-refractivity contribution in [1.82, 2.24) is 5.32 Å². The minimum atomic E-state index is -0.0135. The van der Waals surface area contributed by atoms with Gasteiger partial charge in [-0.3, -0.25) is 0 Å². The molecule has 0 aliphatic rings. The third-order valence-corrected chi connectivity index (χ3v) is 1.74. The van der Waals surface area contributed by atoms with Gasteiger partial charge in [-0.1, -0.05) is 0 Å². The van der Waals surface area contributed by atoms with Crippen molar-refractivity contribution in [3.05, 3.63) is 23.7 Å². The number of nitrogens with one attached hydrogen (secondary N) is 1. The molecule has 0 aliphatic heterocycles. The van der Waals surface area contributed by atoms with E-state index in [1.807, 2.05) is 13.0 Å². The fourth-order valence-corrected chi connectivity index (χ4v) is 0.991. The van der Waals surface area contributed by atoms with Gasteiger partial charge in [0, 0.05) is 6.54 Å². The van der Waals surface area contributed by atoms with Crippen LogP contribution in [0.3, 0.4) is 0 Å². The maximum absolute atomic E-state index is 8.52. The summed E-state index contributed by atoms with van der Waals surface area (Å²) in [5.74, 6) is 1.02. The molecule has 0 fully saturated rings. The zero-order valence-electron chi connectivity index (χ0n) is 7.95. The van der Waals surface area contributed by atoms with Crippen molar-refractivity contribution < 1.29 is 4.42 Å². The fourth-order valence-electron chi connectivity index (χ4n) is 0.991. The highest BCUT2D eigenvalue weighted by molar-refractivity contribution is 5.18. The Morgan fingerprint density at radius 2 is 2.29 bits per heavy atom. The molecule has 0 bridgehead atoms. The minimum Gasteiger partial charge on any atom is -0.449 e. The highest BCUT2D eigenvalue weighted by atomic mass is 16.3. The topological polar surface area (TPSA) is 72.8 Å². The predicted molar refractivity (Wildman–Crippen MR) is 49.9 cm³/mol. The van der Waals surface area contributed by atoms with Gasteiger partial charge in [-0.2, -0.15) is 10.5 Å². The van der Waals surface area contributed by atoms with E-state index in [4.69, 9.17) is 14.9 Å². The zero-order valence-corrected chi connectivity index (χ0v) is 7.95. The minimum absolute atomic E-state index is 0.0135. The van der Waals surface area contributed by atoms with E-state index in [0.717, 1.165) is 0 Å². The second-order valence-corrected chi connectivity index (χ2v) is 3.04. The van der Waals surface area contributed by atoms with Gasteiger partial charge in [0.1, 0.15) is 11.8 Å². The highest BCUT2D eigenvalue weighted by Gasteiger charge is 2.02. The first-order chi connectivity index (χ1) is 6.76. The van der Waals surface area contributed by atoms with E-state index in [-0.39, 0.29) is 5.92 Å². The summed E-state index contributed by atoms with van der Waals surface area (Å²) in [7, 11) is 0. The van der Waals surface area contributed by atoms with Crippen molar-refractivity contribution in [3.8, 4) is 12.1 Å². The van der Waals surface area contributed by atoms with Gasteiger partial charge in [0.2, 0.25) is 5.76 Å². The Hall–Kier alpha value is -1.78. The second kappa shape index (κ2) is 5.06. The highest BCUT2D eigenvalue weighted by Crippen LogP contribution is 2.05. The third kappa shape index (κ3) is 2.93. The molecule has 14 heavy (non-hydrogen) atoms. The standard InChI is InChI=1S/C10H11N3O/c1-8(4-11)6-13-7-10-3-2-9(5-12)14-10/h2-3,8,13H,6-7H2,1H3. The predicted octanol–water partition coefficient (Wildman–Crippen LogP) is 1.40. The van der Waals surface area contributed by atoms with Gasteiger partial charge in [0.25, 0.3) is 0 Å². The second-order valence-electron chi connectivity index (χ2n) is 3.04. The van der Waals surface area contributed by atoms with E-state index in [0.29, 0.717) is 24.6 Å². The number of rotatable bonds is 4. The molecule has 1 unspecified atom stereocenters. The first-order valence-electron chi connectivity index (χ1n) is 4.35. The van der Waals surface area contributed by atoms with Gasteiger partial charge in [-0.25, -0.2) is 0 Å². The lowest BCUT2D eigenvalue weighted by atomic mass is 10.2. The number of hydrogen-bond acceptors (Lipinski definition) is 4. The molecule has 1 rings (SSSR count). The van der Waals surface area contributed by atoms with E-state index in [1.54, 1.807) is 12.1 Å². The Morgan fingerprint density at radius 1 is 1.50 bits per heavy atom. The lowest BCUT2D eigenvalue weighted by Crippen LogP contribution is -2.19. The van der Waals surface area contributed by atoms with Gasteiger partial charge < -0.3 is 9.73 Å². The van der Waals surface area contributed by atoms with Crippen molar-refractivity contribution >= 4 is 0 Å². The van der Waals surface area contributed by atoms with Crippen LogP contribution in [-0.2, 0) is 6.54 Å². The summed E-state index contributed by atoms with van der Waals surface area (Å²) in [6.07, 6.45) is 0. The molecule has 1 aromatic rings. The van der Waals surface area contributed by atoms with Crippen molar-refractivity contribution in [1.29, 1.82) is 10.5 Å². The van der Waals surface area contributed by atoms with Crippen LogP contribution in [0.2, 0.25) is 0 Å². The van der Waals surface area contributed by atoms with Crippen LogP contribution >= 0.6 is 0 Å². The Kier molecular flexibility index (Phi) is 3.72. The monoisotopic (exact) mass is 189 g/mol. The number of hydrogen-bond donors (Lipinski definition) is 1. The van der Waals surface area contributed by atoms with Gasteiger partial charge in [0.15, 0.2) is 0 Å². The molecule has 1 heterocycles. The van der Waals surface area contributed by atoms with Crippen LogP contribution in [0.5, 0.6) is 0 Å². The fraction of sp³-hybridized carbons (Fsp3) is 0.400. The Bertz CT molecular complexity index is 369. The first kappa shape index (κ1) is 10.3. The third-order valence-electron chi connectivity index (χ3n) is 1.74. The van der Waals surface area contributed by atoms with Crippen molar-refractivity contribution in [2.24, 2.45) is 5.92 Å². The van der Waals surface area contributed by atoms with E-state index in [2.05, 4.69) is 11.4 Å². The Labute approximate surface area is 82.8 Å². The van der Waals surface area contributed by atoms with Gasteiger partial charge in [0.05, 0.1) is 18.5 Å². The van der Waals surface area contributed by atoms with Crippen LogP contribution in [0.4, 0.5) is 0 Å². The van der Waals surface area contributed by atoms with Gasteiger partial charge in [-0.15, -0.1) is 0 Å². The summed E-state index contributed by atoms with van der Waals surface area (Å²) < 4.78 is 5.14. The molecule has 1 aromatic heterocycles. The van der Waals surface area contributed by atoms with Crippen LogP contribution in [0.1, 0.15) is 18.4 Å². The van der Waals surface area contributed by atoms with Crippen molar-refractivity contribution in [2.75, 3.05) is 6.54 Å². The molecule has 1 atom stereocenters. The largest absolute Gasteiger partial charge is 0.449 e. The molecule has 0 saturated heterocycles. The maximum Gasteiger partial charge on any atom is 0.203 e. The Morgan fingerprint density at radius 3 is 2.86 bits per heavy atom. The summed E-state index contributed by atoms with van der Waals surface area (Å²) >= 11 is 0. The SMILES string of the molecule is CC(C#N)CNCc1ccc(C#N)o1. The molecule has 72 valence electrons. The van der Waals surface area contributed by atoms with E-state index in [1.165, 1.54) is 0 Å². The molecule has 0 aromatic carbocycles. The molecule has 0 spiro atoms. The molecule has 4 nitrogen and oxygen atoms in total. The summed E-state index contributed by atoms with van der Waals surface area (Å²) in [5.41, 5.74) is 0. The van der Waals surface area contributed by atoms with Gasteiger partial charge in [-0.05, 0) is 19.1 Å². The molecular weight excluding hydrogens is 178 g/mol.